The van der Waals surface area contributed by atoms with Crippen molar-refractivity contribution in [2.24, 2.45) is 5.73 Å². The van der Waals surface area contributed by atoms with Gasteiger partial charge in [-0.2, -0.15) is 0 Å². The largest absolute Gasteiger partial charge is 0.467 e. The van der Waals surface area contributed by atoms with Crippen LogP contribution in [0.15, 0.2) is 48.5 Å². The lowest BCUT2D eigenvalue weighted by Crippen LogP contribution is -2.15. The summed E-state index contributed by atoms with van der Waals surface area (Å²) in [5, 5.41) is 0. The van der Waals surface area contributed by atoms with Crippen molar-refractivity contribution in [1.82, 2.24) is 0 Å². The Morgan fingerprint density at radius 3 is 2.80 bits per heavy atom. The smallest absolute Gasteiger partial charge is 0.189 e. The Morgan fingerprint density at radius 1 is 1.10 bits per heavy atom. The van der Waals surface area contributed by atoms with Gasteiger partial charge in [-0.3, -0.25) is 0 Å². The van der Waals surface area contributed by atoms with Crippen molar-refractivity contribution in [3.05, 3.63) is 65.2 Å². The molecule has 0 radical (unpaired) electrons. The number of hydrogen-bond donors (Lipinski definition) is 1. The molecule has 0 aliphatic carbocycles. The van der Waals surface area contributed by atoms with Crippen molar-refractivity contribution in [3.63, 3.8) is 0 Å². The normalized spacial score (nSPS) is 15.2. The van der Waals surface area contributed by atoms with E-state index in [1.165, 1.54) is 5.56 Å². The molecule has 2 aromatic rings. The SMILES string of the molecule is NC(CCc1ccccc1)c1ccc2c(c1)COCO2. The van der Waals surface area contributed by atoms with Gasteiger partial charge in [-0.05, 0) is 36.1 Å². The molecule has 0 fully saturated rings. The lowest BCUT2D eigenvalue weighted by atomic mass is 9.98. The Labute approximate surface area is 119 Å². The molecule has 3 heteroatoms. The molecule has 3 nitrogen and oxygen atoms in total. The first kappa shape index (κ1) is 13.2. The van der Waals surface area contributed by atoms with Crippen LogP contribution in [0.2, 0.25) is 0 Å². The van der Waals surface area contributed by atoms with Crippen molar-refractivity contribution >= 4 is 0 Å². The summed E-state index contributed by atoms with van der Waals surface area (Å²) < 4.78 is 10.7. The van der Waals surface area contributed by atoms with E-state index in [2.05, 4.69) is 36.4 Å². The second kappa shape index (κ2) is 6.07. The van der Waals surface area contributed by atoms with Gasteiger partial charge >= 0.3 is 0 Å². The molecular weight excluding hydrogens is 250 g/mol. The van der Waals surface area contributed by atoms with E-state index in [0.29, 0.717) is 13.4 Å². The quantitative estimate of drug-likeness (QED) is 0.927. The molecule has 2 aromatic carbocycles. The molecule has 104 valence electrons. The molecule has 1 heterocycles. The Balaban J connectivity index is 1.66. The minimum Gasteiger partial charge on any atom is -0.467 e. The Bertz CT molecular complexity index is 568. The molecule has 0 amide bonds. The number of aryl methyl sites for hydroxylation is 1. The third kappa shape index (κ3) is 3.00. The number of ether oxygens (including phenoxy) is 2. The van der Waals surface area contributed by atoms with Crippen LogP contribution in [0.4, 0.5) is 0 Å². The first-order valence-corrected chi connectivity index (χ1v) is 6.96. The summed E-state index contributed by atoms with van der Waals surface area (Å²) in [6, 6.07) is 16.6. The van der Waals surface area contributed by atoms with Gasteiger partial charge < -0.3 is 15.2 Å². The molecule has 1 unspecified atom stereocenters. The summed E-state index contributed by atoms with van der Waals surface area (Å²) in [5.74, 6) is 0.912. The van der Waals surface area contributed by atoms with Crippen LogP contribution in [-0.4, -0.2) is 6.79 Å². The summed E-state index contributed by atoms with van der Waals surface area (Å²) in [6.45, 7) is 0.945. The van der Waals surface area contributed by atoms with Crippen LogP contribution in [0.3, 0.4) is 0 Å². The Kier molecular flexibility index (Phi) is 4.00. The van der Waals surface area contributed by atoms with E-state index >= 15 is 0 Å². The maximum Gasteiger partial charge on any atom is 0.189 e. The predicted molar refractivity (Wildman–Crippen MR) is 78.4 cm³/mol. The van der Waals surface area contributed by atoms with Crippen LogP contribution in [0.5, 0.6) is 5.75 Å². The molecule has 1 atom stereocenters. The van der Waals surface area contributed by atoms with Crippen molar-refractivity contribution in [3.8, 4) is 5.75 Å². The fourth-order valence-electron chi connectivity index (χ4n) is 2.47. The van der Waals surface area contributed by atoms with Crippen molar-refractivity contribution < 1.29 is 9.47 Å². The number of fused-ring (bicyclic) bond motifs is 1. The first-order valence-electron chi connectivity index (χ1n) is 6.96. The van der Waals surface area contributed by atoms with Crippen molar-refractivity contribution in [2.45, 2.75) is 25.5 Å². The fraction of sp³-hybridized carbons (Fsp3) is 0.294. The zero-order valence-electron chi connectivity index (χ0n) is 11.4. The Morgan fingerprint density at radius 2 is 1.95 bits per heavy atom. The third-order valence-electron chi connectivity index (χ3n) is 3.65. The molecular formula is C17H19NO2. The molecule has 0 saturated carbocycles. The average Bonchev–Trinajstić information content (AvgIpc) is 2.53. The highest BCUT2D eigenvalue weighted by molar-refractivity contribution is 5.38. The van der Waals surface area contributed by atoms with Crippen LogP contribution in [0, 0.1) is 0 Å². The number of nitrogens with two attached hydrogens (primary N) is 1. The minimum atomic E-state index is 0.0439. The summed E-state index contributed by atoms with van der Waals surface area (Å²) in [4.78, 5) is 0. The molecule has 2 N–H and O–H groups in total. The van der Waals surface area contributed by atoms with Gasteiger partial charge in [0.05, 0.1) is 6.61 Å². The number of benzene rings is 2. The number of hydrogen-bond acceptors (Lipinski definition) is 3. The summed E-state index contributed by atoms with van der Waals surface area (Å²) >= 11 is 0. The third-order valence-corrected chi connectivity index (χ3v) is 3.65. The average molecular weight is 269 g/mol. The molecule has 20 heavy (non-hydrogen) atoms. The molecule has 0 bridgehead atoms. The standard InChI is InChI=1S/C17H19NO2/c18-16(8-6-13-4-2-1-3-5-13)14-7-9-17-15(10-14)11-19-12-20-17/h1-5,7,9-10,16H,6,8,11-12,18H2. The topological polar surface area (TPSA) is 44.5 Å². The summed E-state index contributed by atoms with van der Waals surface area (Å²) in [5.41, 5.74) is 9.85. The molecule has 1 aliphatic rings. The number of rotatable bonds is 4. The van der Waals surface area contributed by atoms with Gasteiger partial charge in [0.1, 0.15) is 5.75 Å². The second-order valence-corrected chi connectivity index (χ2v) is 5.11. The lowest BCUT2D eigenvalue weighted by Gasteiger charge is -2.20. The van der Waals surface area contributed by atoms with E-state index in [-0.39, 0.29) is 6.04 Å². The van der Waals surface area contributed by atoms with Gasteiger partial charge in [0, 0.05) is 11.6 Å². The van der Waals surface area contributed by atoms with E-state index in [1.54, 1.807) is 0 Å². The van der Waals surface area contributed by atoms with Gasteiger partial charge in [0.25, 0.3) is 0 Å². The van der Waals surface area contributed by atoms with Crippen molar-refractivity contribution in [1.29, 1.82) is 0 Å². The minimum absolute atomic E-state index is 0.0439. The predicted octanol–water partition coefficient (Wildman–Crippen LogP) is 3.19. The van der Waals surface area contributed by atoms with Crippen molar-refractivity contribution in [2.75, 3.05) is 6.79 Å². The van der Waals surface area contributed by atoms with Gasteiger partial charge in [0.2, 0.25) is 0 Å². The van der Waals surface area contributed by atoms with Gasteiger partial charge in [-0.15, -0.1) is 0 Å². The van der Waals surface area contributed by atoms with E-state index in [0.717, 1.165) is 29.7 Å². The van der Waals surface area contributed by atoms with Crippen LogP contribution >= 0.6 is 0 Å². The Hall–Kier alpha value is -1.84. The molecule has 0 spiro atoms. The van der Waals surface area contributed by atoms with Crippen LogP contribution in [0.1, 0.15) is 29.2 Å². The van der Waals surface area contributed by atoms with Gasteiger partial charge in [-0.1, -0.05) is 36.4 Å². The highest BCUT2D eigenvalue weighted by Gasteiger charge is 2.13. The zero-order chi connectivity index (χ0) is 13.8. The zero-order valence-corrected chi connectivity index (χ0v) is 11.4. The lowest BCUT2D eigenvalue weighted by molar-refractivity contribution is -0.0164. The highest BCUT2D eigenvalue weighted by Crippen LogP contribution is 2.27. The molecule has 1 aliphatic heterocycles. The van der Waals surface area contributed by atoms with E-state index in [4.69, 9.17) is 15.2 Å². The summed E-state index contributed by atoms with van der Waals surface area (Å²) in [7, 11) is 0. The van der Waals surface area contributed by atoms with E-state index in [9.17, 15) is 0 Å². The van der Waals surface area contributed by atoms with E-state index < -0.39 is 0 Å². The molecule has 3 rings (SSSR count). The maximum absolute atomic E-state index is 6.29. The van der Waals surface area contributed by atoms with E-state index in [1.807, 2.05) is 12.1 Å². The second-order valence-electron chi connectivity index (χ2n) is 5.11. The van der Waals surface area contributed by atoms with Gasteiger partial charge in [0.15, 0.2) is 6.79 Å². The van der Waals surface area contributed by atoms with Crippen LogP contribution in [0.25, 0.3) is 0 Å². The first-order chi connectivity index (χ1) is 9.83. The summed E-state index contributed by atoms with van der Waals surface area (Å²) in [6.07, 6.45) is 1.93. The molecule has 0 aromatic heterocycles. The van der Waals surface area contributed by atoms with Crippen LogP contribution < -0.4 is 10.5 Å². The maximum atomic E-state index is 6.29. The monoisotopic (exact) mass is 269 g/mol. The molecule has 0 saturated heterocycles. The van der Waals surface area contributed by atoms with Crippen LogP contribution in [-0.2, 0) is 17.8 Å². The highest BCUT2D eigenvalue weighted by atomic mass is 16.7. The van der Waals surface area contributed by atoms with Gasteiger partial charge in [-0.25, -0.2) is 0 Å². The fourth-order valence-corrected chi connectivity index (χ4v) is 2.47.